The van der Waals surface area contributed by atoms with E-state index in [0.29, 0.717) is 41.8 Å². The Morgan fingerprint density at radius 3 is 2.34 bits per heavy atom. The molecule has 0 saturated heterocycles. The van der Waals surface area contributed by atoms with Crippen molar-refractivity contribution in [3.05, 3.63) is 72.8 Å². The van der Waals surface area contributed by atoms with E-state index in [2.05, 4.69) is 5.32 Å². The second-order valence-electron chi connectivity index (χ2n) is 6.93. The average Bonchev–Trinajstić information content (AvgIpc) is 2.83. The molecule has 0 saturated carbocycles. The maximum absolute atomic E-state index is 13.3. The Bertz CT molecular complexity index is 1200. The summed E-state index contributed by atoms with van der Waals surface area (Å²) in [6.45, 7) is 0.468. The molecule has 3 aromatic rings. The minimum atomic E-state index is -3.99. The zero-order valence-corrected chi connectivity index (χ0v) is 18.2. The number of rotatable bonds is 7. The Balaban J connectivity index is 1.60. The van der Waals surface area contributed by atoms with Crippen LogP contribution in [-0.2, 0) is 14.8 Å². The number of fused-ring (bicyclic) bond motifs is 1. The predicted octanol–water partition coefficient (Wildman–Crippen LogP) is 3.30. The summed E-state index contributed by atoms with van der Waals surface area (Å²) >= 11 is 0. The molecule has 3 aromatic carbocycles. The molecule has 9 heteroatoms. The number of benzene rings is 3. The first-order chi connectivity index (χ1) is 15.5. The lowest BCUT2D eigenvalue weighted by molar-refractivity contribution is -0.114. The fraction of sp³-hybridized carbons (Fsp3) is 0.174. The summed E-state index contributed by atoms with van der Waals surface area (Å²) in [6.07, 6.45) is 0. The van der Waals surface area contributed by atoms with Crippen LogP contribution in [0.1, 0.15) is 0 Å². The monoisotopic (exact) mass is 454 g/mol. The third kappa shape index (κ3) is 4.62. The van der Waals surface area contributed by atoms with E-state index < -0.39 is 22.5 Å². The molecule has 1 aliphatic heterocycles. The van der Waals surface area contributed by atoms with E-state index in [4.69, 9.17) is 14.2 Å². The van der Waals surface area contributed by atoms with Crippen molar-refractivity contribution in [1.29, 1.82) is 0 Å². The number of carbonyl (C=O) groups excluding carboxylic acids is 1. The quantitative estimate of drug-likeness (QED) is 0.589. The number of ether oxygens (including phenoxy) is 3. The van der Waals surface area contributed by atoms with E-state index in [-0.39, 0.29) is 4.90 Å². The SMILES string of the molecule is COc1ccc(N(CC(=O)Nc2ccc3c(c2)OCCO3)S(=O)(=O)c2ccccc2)cc1. The van der Waals surface area contributed by atoms with Crippen LogP contribution in [0.2, 0.25) is 0 Å². The normalized spacial score (nSPS) is 12.7. The van der Waals surface area contributed by atoms with Crippen LogP contribution in [0.25, 0.3) is 0 Å². The van der Waals surface area contributed by atoms with Crippen molar-refractivity contribution in [3.63, 3.8) is 0 Å². The predicted molar refractivity (Wildman–Crippen MR) is 120 cm³/mol. The number of carbonyl (C=O) groups is 1. The summed E-state index contributed by atoms with van der Waals surface area (Å²) in [4.78, 5) is 12.9. The van der Waals surface area contributed by atoms with E-state index in [1.807, 2.05) is 0 Å². The zero-order chi connectivity index (χ0) is 22.6. The molecule has 32 heavy (non-hydrogen) atoms. The van der Waals surface area contributed by atoms with Crippen molar-refractivity contribution in [1.82, 2.24) is 0 Å². The first kappa shape index (κ1) is 21.5. The van der Waals surface area contributed by atoms with E-state index >= 15 is 0 Å². The summed E-state index contributed by atoms with van der Waals surface area (Å²) in [5.74, 6) is 1.20. The lowest BCUT2D eigenvalue weighted by atomic mass is 10.2. The molecule has 4 rings (SSSR count). The maximum Gasteiger partial charge on any atom is 0.264 e. The average molecular weight is 455 g/mol. The van der Waals surface area contributed by atoms with E-state index in [1.165, 1.54) is 19.2 Å². The van der Waals surface area contributed by atoms with Gasteiger partial charge in [0.15, 0.2) is 11.5 Å². The third-order valence-electron chi connectivity index (χ3n) is 4.80. The van der Waals surface area contributed by atoms with Crippen molar-refractivity contribution in [3.8, 4) is 17.2 Å². The number of methoxy groups -OCH3 is 1. The molecule has 0 aliphatic carbocycles. The Morgan fingerprint density at radius 1 is 0.969 bits per heavy atom. The number of sulfonamides is 1. The van der Waals surface area contributed by atoms with Crippen molar-refractivity contribution in [2.45, 2.75) is 4.90 Å². The number of hydrogen-bond donors (Lipinski definition) is 1. The van der Waals surface area contributed by atoms with Crippen molar-refractivity contribution < 1.29 is 27.4 Å². The van der Waals surface area contributed by atoms with Gasteiger partial charge in [-0.25, -0.2) is 8.42 Å². The minimum Gasteiger partial charge on any atom is -0.497 e. The number of nitrogens with zero attached hydrogens (tertiary/aromatic N) is 1. The molecule has 0 aromatic heterocycles. The van der Waals surface area contributed by atoms with Crippen molar-refractivity contribution in [2.24, 2.45) is 0 Å². The highest BCUT2D eigenvalue weighted by Gasteiger charge is 2.27. The Kier molecular flexibility index (Phi) is 6.18. The van der Waals surface area contributed by atoms with Crippen LogP contribution in [0, 0.1) is 0 Å². The first-order valence-corrected chi connectivity index (χ1v) is 11.3. The van der Waals surface area contributed by atoms with Gasteiger partial charge in [-0.1, -0.05) is 18.2 Å². The molecule has 0 atom stereocenters. The van der Waals surface area contributed by atoms with E-state index in [0.717, 1.165) is 4.31 Å². The molecule has 0 unspecified atom stereocenters. The zero-order valence-electron chi connectivity index (χ0n) is 17.4. The summed E-state index contributed by atoms with van der Waals surface area (Å²) in [5, 5.41) is 2.73. The second kappa shape index (κ2) is 9.19. The van der Waals surface area contributed by atoms with Gasteiger partial charge in [-0.15, -0.1) is 0 Å². The van der Waals surface area contributed by atoms with Gasteiger partial charge < -0.3 is 19.5 Å². The molecule has 1 aliphatic rings. The molecule has 0 fully saturated rings. The highest BCUT2D eigenvalue weighted by atomic mass is 32.2. The Labute approximate surface area is 186 Å². The third-order valence-corrected chi connectivity index (χ3v) is 6.59. The second-order valence-corrected chi connectivity index (χ2v) is 8.79. The smallest absolute Gasteiger partial charge is 0.264 e. The molecule has 0 spiro atoms. The van der Waals surface area contributed by atoms with Crippen LogP contribution in [0.15, 0.2) is 77.7 Å². The van der Waals surface area contributed by atoms with Gasteiger partial charge in [0, 0.05) is 11.8 Å². The number of hydrogen-bond acceptors (Lipinski definition) is 6. The summed E-state index contributed by atoms with van der Waals surface area (Å²) in [5.41, 5.74) is 0.818. The standard InChI is InChI=1S/C23H22N2O6S/c1-29-19-10-8-18(9-11-19)25(32(27,28)20-5-3-2-4-6-20)16-23(26)24-17-7-12-21-22(15-17)31-14-13-30-21/h2-12,15H,13-14,16H2,1H3,(H,24,26). The molecule has 0 radical (unpaired) electrons. The molecule has 1 heterocycles. The molecule has 0 bridgehead atoms. The van der Waals surface area contributed by atoms with Crippen LogP contribution in [0.5, 0.6) is 17.2 Å². The molecular weight excluding hydrogens is 432 g/mol. The van der Waals surface area contributed by atoms with Gasteiger partial charge in [0.25, 0.3) is 10.0 Å². The highest BCUT2D eigenvalue weighted by molar-refractivity contribution is 7.92. The fourth-order valence-electron chi connectivity index (χ4n) is 3.24. The summed E-state index contributed by atoms with van der Waals surface area (Å²) in [6, 6.07) is 19.5. The van der Waals surface area contributed by atoms with E-state index in [1.54, 1.807) is 60.7 Å². The fourth-order valence-corrected chi connectivity index (χ4v) is 4.68. The number of anilines is 2. The van der Waals surface area contributed by atoms with Crippen LogP contribution in [0.3, 0.4) is 0 Å². The lowest BCUT2D eigenvalue weighted by Gasteiger charge is -2.24. The number of nitrogens with one attached hydrogen (secondary N) is 1. The van der Waals surface area contributed by atoms with Gasteiger partial charge in [-0.05, 0) is 48.5 Å². The van der Waals surface area contributed by atoms with Crippen LogP contribution < -0.4 is 23.8 Å². The van der Waals surface area contributed by atoms with Gasteiger partial charge >= 0.3 is 0 Å². The van der Waals surface area contributed by atoms with Gasteiger partial charge in [-0.3, -0.25) is 9.10 Å². The van der Waals surface area contributed by atoms with Crippen molar-refractivity contribution >= 4 is 27.3 Å². The van der Waals surface area contributed by atoms with Crippen LogP contribution in [0.4, 0.5) is 11.4 Å². The maximum atomic E-state index is 13.3. The lowest BCUT2D eigenvalue weighted by Crippen LogP contribution is -2.38. The van der Waals surface area contributed by atoms with Gasteiger partial charge in [-0.2, -0.15) is 0 Å². The highest BCUT2D eigenvalue weighted by Crippen LogP contribution is 2.33. The minimum absolute atomic E-state index is 0.0861. The largest absolute Gasteiger partial charge is 0.497 e. The Morgan fingerprint density at radius 2 is 1.66 bits per heavy atom. The van der Waals surface area contributed by atoms with Gasteiger partial charge in [0.2, 0.25) is 5.91 Å². The Hall–Kier alpha value is -3.72. The first-order valence-electron chi connectivity index (χ1n) is 9.89. The van der Waals surface area contributed by atoms with Crippen molar-refractivity contribution in [2.75, 3.05) is 36.5 Å². The number of amides is 1. The van der Waals surface area contributed by atoms with Gasteiger partial charge in [0.1, 0.15) is 25.5 Å². The molecule has 166 valence electrons. The van der Waals surface area contributed by atoms with Crippen LogP contribution >= 0.6 is 0 Å². The molecule has 8 nitrogen and oxygen atoms in total. The van der Waals surface area contributed by atoms with Crippen LogP contribution in [-0.4, -0.2) is 41.2 Å². The summed E-state index contributed by atoms with van der Waals surface area (Å²) in [7, 11) is -2.47. The molecular formula is C23H22N2O6S. The summed E-state index contributed by atoms with van der Waals surface area (Å²) < 4.78 is 43.9. The molecule has 1 amide bonds. The topological polar surface area (TPSA) is 94.2 Å². The van der Waals surface area contributed by atoms with Gasteiger partial charge in [0.05, 0.1) is 17.7 Å². The van der Waals surface area contributed by atoms with E-state index in [9.17, 15) is 13.2 Å². The molecule has 1 N–H and O–H groups in total.